The normalized spacial score (nSPS) is 13.5. The molecule has 1 unspecified atom stereocenters. The number of nitrogens with two attached hydrogens (primary N) is 2. The molecule has 0 bridgehead atoms. The largest absolute Gasteiger partial charge is 0.501 e. The lowest BCUT2D eigenvalue weighted by atomic mass is 10.4. The van der Waals surface area contributed by atoms with Crippen molar-refractivity contribution in [3.05, 3.63) is 0 Å². The van der Waals surface area contributed by atoms with E-state index in [4.69, 9.17) is 38.0 Å². The molecule has 4 N–H and O–H groups in total. The maximum Gasteiger partial charge on any atom is 0.501 e. The molecule has 0 fully saturated rings. The Morgan fingerprint density at radius 3 is 1.32 bits per heavy atom. The molecule has 0 aromatic heterocycles. The molecule has 136 valence electrons. The van der Waals surface area contributed by atoms with Crippen molar-refractivity contribution < 1.29 is 26.6 Å². The topological polar surface area (TPSA) is 107 Å². The standard InChI is InChI=1S/2C6H17NO3Si/c1-6(7)5-11(8-2,9-3)10-4;1-8-11(9-2,10-3)6-4-5-7/h6H,5,7H2,1-4H3;4-7H2,1-3H3. The molecule has 22 heavy (non-hydrogen) atoms. The second-order valence-electron chi connectivity index (χ2n) is 4.66. The van der Waals surface area contributed by atoms with Crippen LogP contribution in [0.25, 0.3) is 0 Å². The van der Waals surface area contributed by atoms with E-state index < -0.39 is 17.6 Å². The number of rotatable bonds is 11. The molecule has 0 saturated carbocycles. The van der Waals surface area contributed by atoms with Gasteiger partial charge in [0.1, 0.15) is 0 Å². The Morgan fingerprint density at radius 1 is 0.773 bits per heavy atom. The van der Waals surface area contributed by atoms with E-state index in [1.165, 1.54) is 0 Å². The summed E-state index contributed by atoms with van der Waals surface area (Å²) in [6, 6.07) is 1.48. The summed E-state index contributed by atoms with van der Waals surface area (Å²) in [5.41, 5.74) is 11.0. The molecule has 0 rings (SSSR count). The lowest BCUT2D eigenvalue weighted by Gasteiger charge is -2.25. The van der Waals surface area contributed by atoms with Gasteiger partial charge in [-0.25, -0.2) is 0 Å². The van der Waals surface area contributed by atoms with E-state index in [0.717, 1.165) is 12.5 Å². The Kier molecular flexibility index (Phi) is 15.0. The van der Waals surface area contributed by atoms with Gasteiger partial charge in [0.15, 0.2) is 0 Å². The Morgan fingerprint density at radius 2 is 1.14 bits per heavy atom. The fourth-order valence-corrected chi connectivity index (χ4v) is 5.31. The molecule has 0 heterocycles. The summed E-state index contributed by atoms with van der Waals surface area (Å²) in [6.45, 7) is 2.55. The molecule has 0 aromatic rings. The van der Waals surface area contributed by atoms with Gasteiger partial charge in [-0.3, -0.25) is 0 Å². The van der Waals surface area contributed by atoms with Crippen LogP contribution in [0.4, 0.5) is 0 Å². The van der Waals surface area contributed by atoms with Crippen molar-refractivity contribution in [3.63, 3.8) is 0 Å². The molecule has 10 heteroatoms. The first kappa shape index (κ1) is 24.4. The van der Waals surface area contributed by atoms with Gasteiger partial charge in [0.2, 0.25) is 0 Å². The van der Waals surface area contributed by atoms with Crippen LogP contribution in [0.3, 0.4) is 0 Å². The predicted molar refractivity (Wildman–Crippen MR) is 90.5 cm³/mol. The van der Waals surface area contributed by atoms with Crippen molar-refractivity contribution >= 4 is 17.6 Å². The molecule has 8 nitrogen and oxygen atoms in total. The van der Waals surface area contributed by atoms with Gasteiger partial charge in [0, 0.05) is 60.8 Å². The maximum atomic E-state index is 5.60. The maximum absolute atomic E-state index is 5.60. The molecule has 0 amide bonds. The molecular formula is C12H34N2O6Si2. The first-order chi connectivity index (χ1) is 10.3. The van der Waals surface area contributed by atoms with E-state index in [1.807, 2.05) is 6.92 Å². The fraction of sp³-hybridized carbons (Fsp3) is 1.00. The molecule has 0 aliphatic carbocycles. The van der Waals surface area contributed by atoms with Crippen LogP contribution in [-0.4, -0.2) is 72.9 Å². The molecule has 0 aliphatic rings. The van der Waals surface area contributed by atoms with Crippen molar-refractivity contribution in [2.24, 2.45) is 11.5 Å². The van der Waals surface area contributed by atoms with Crippen LogP contribution in [0.2, 0.25) is 12.1 Å². The van der Waals surface area contributed by atoms with Crippen molar-refractivity contribution in [3.8, 4) is 0 Å². The molecule has 0 radical (unpaired) electrons. The number of hydrogen-bond donors (Lipinski definition) is 2. The Bertz CT molecular complexity index is 237. The smallest absolute Gasteiger partial charge is 0.377 e. The third kappa shape index (κ3) is 9.30. The zero-order valence-corrected chi connectivity index (χ0v) is 17.0. The summed E-state index contributed by atoms with van der Waals surface area (Å²) in [5.74, 6) is 0. The van der Waals surface area contributed by atoms with E-state index in [9.17, 15) is 0 Å². The Balaban J connectivity index is 0. The van der Waals surface area contributed by atoms with Crippen LogP contribution in [-0.2, 0) is 26.6 Å². The van der Waals surface area contributed by atoms with Crippen LogP contribution in [0.1, 0.15) is 13.3 Å². The summed E-state index contributed by atoms with van der Waals surface area (Å²) in [5, 5.41) is 0. The van der Waals surface area contributed by atoms with Crippen LogP contribution in [0.15, 0.2) is 0 Å². The van der Waals surface area contributed by atoms with Crippen LogP contribution >= 0.6 is 0 Å². The summed E-state index contributed by atoms with van der Waals surface area (Å²) in [6.07, 6.45) is 0.877. The van der Waals surface area contributed by atoms with Crippen molar-refractivity contribution in [1.82, 2.24) is 0 Å². The molecular weight excluding hydrogens is 324 g/mol. The zero-order chi connectivity index (χ0) is 17.6. The second-order valence-corrected chi connectivity index (χ2v) is 10.8. The summed E-state index contributed by atoms with van der Waals surface area (Å²) in [7, 11) is 4.85. The number of hydrogen-bond acceptors (Lipinski definition) is 8. The van der Waals surface area contributed by atoms with Crippen LogP contribution in [0, 0.1) is 0 Å². The fourth-order valence-electron chi connectivity index (χ4n) is 1.77. The average molecular weight is 359 g/mol. The third-order valence-electron chi connectivity index (χ3n) is 3.13. The van der Waals surface area contributed by atoms with E-state index in [-0.39, 0.29) is 6.04 Å². The third-order valence-corrected chi connectivity index (χ3v) is 8.97. The minimum Gasteiger partial charge on any atom is -0.377 e. The minimum absolute atomic E-state index is 0.0431. The first-order valence-electron chi connectivity index (χ1n) is 7.11. The van der Waals surface area contributed by atoms with Crippen molar-refractivity contribution in [1.29, 1.82) is 0 Å². The monoisotopic (exact) mass is 358 g/mol. The van der Waals surface area contributed by atoms with Crippen molar-refractivity contribution in [2.75, 3.05) is 49.2 Å². The predicted octanol–water partition coefficient (Wildman–Crippen LogP) is 0.425. The highest BCUT2D eigenvalue weighted by Crippen LogP contribution is 2.14. The van der Waals surface area contributed by atoms with E-state index in [2.05, 4.69) is 0 Å². The SMILES string of the molecule is CO[Si](CC(C)N)(OC)OC.CO[Si](CCCN)(OC)OC. The molecule has 0 aromatic carbocycles. The van der Waals surface area contributed by atoms with Gasteiger partial charge in [-0.05, 0) is 19.9 Å². The van der Waals surface area contributed by atoms with Crippen LogP contribution < -0.4 is 11.5 Å². The van der Waals surface area contributed by atoms with Gasteiger partial charge in [-0.15, -0.1) is 0 Å². The first-order valence-corrected chi connectivity index (χ1v) is 11.0. The van der Waals surface area contributed by atoms with Gasteiger partial charge in [-0.1, -0.05) is 0 Å². The lowest BCUT2D eigenvalue weighted by Crippen LogP contribution is -2.46. The second kappa shape index (κ2) is 13.5. The zero-order valence-electron chi connectivity index (χ0n) is 15.0. The highest BCUT2D eigenvalue weighted by atomic mass is 28.4. The van der Waals surface area contributed by atoms with E-state index >= 15 is 0 Å². The van der Waals surface area contributed by atoms with Gasteiger partial charge in [0.05, 0.1) is 0 Å². The molecule has 0 aliphatic heterocycles. The van der Waals surface area contributed by atoms with Crippen LogP contribution in [0.5, 0.6) is 0 Å². The Labute approximate surface area is 137 Å². The average Bonchev–Trinajstić information content (AvgIpc) is 2.55. The van der Waals surface area contributed by atoms with E-state index in [1.54, 1.807) is 42.7 Å². The highest BCUT2D eigenvalue weighted by Gasteiger charge is 2.38. The molecule has 0 saturated heterocycles. The van der Waals surface area contributed by atoms with Gasteiger partial charge in [0.25, 0.3) is 0 Å². The van der Waals surface area contributed by atoms with Gasteiger partial charge in [-0.2, -0.15) is 0 Å². The minimum atomic E-state index is -2.41. The summed E-state index contributed by atoms with van der Waals surface area (Å²) < 4.78 is 31.0. The highest BCUT2D eigenvalue weighted by molar-refractivity contribution is 6.61. The lowest BCUT2D eigenvalue weighted by molar-refractivity contribution is 0.122. The Hall–Kier alpha value is 0.114. The van der Waals surface area contributed by atoms with Gasteiger partial charge >= 0.3 is 17.6 Å². The quantitative estimate of drug-likeness (QED) is 0.512. The summed E-state index contributed by atoms with van der Waals surface area (Å²) in [4.78, 5) is 0. The molecule has 1 atom stereocenters. The summed E-state index contributed by atoms with van der Waals surface area (Å²) >= 11 is 0. The van der Waals surface area contributed by atoms with Crippen molar-refractivity contribution in [2.45, 2.75) is 31.5 Å². The van der Waals surface area contributed by atoms with E-state index in [0.29, 0.717) is 12.6 Å². The molecule has 0 spiro atoms. The van der Waals surface area contributed by atoms with Gasteiger partial charge < -0.3 is 38.0 Å².